The zero-order valence-electron chi connectivity index (χ0n) is 26.2. The molecular weight excluding hydrogens is 470 g/mol. The van der Waals surface area contributed by atoms with E-state index in [4.69, 9.17) is 15.6 Å². The summed E-state index contributed by atoms with van der Waals surface area (Å²) in [5.74, 6) is 0. The Hall–Kier alpha value is -0.160. The molecule has 0 aromatic rings. The summed E-state index contributed by atoms with van der Waals surface area (Å²) in [4.78, 5) is 0. The first-order valence-electron chi connectivity index (χ1n) is 17.2. The van der Waals surface area contributed by atoms with Crippen LogP contribution in [-0.2, 0) is 4.74 Å². The predicted molar refractivity (Wildman–Crippen MR) is 167 cm³/mol. The lowest BCUT2D eigenvalue weighted by Crippen LogP contribution is -2.47. The van der Waals surface area contributed by atoms with Gasteiger partial charge in [0.2, 0.25) is 0 Å². The Labute approximate surface area is 239 Å². The summed E-state index contributed by atoms with van der Waals surface area (Å²) >= 11 is 0. The number of hydrogen-bond acceptors (Lipinski definition) is 4. The molecule has 0 saturated carbocycles. The van der Waals surface area contributed by atoms with E-state index in [9.17, 15) is 5.11 Å². The largest absolute Gasteiger partial charge is 0.396 e. The quantitative estimate of drug-likeness (QED) is 0.0741. The number of unbranched alkanes of at least 4 members (excludes halogenated alkanes) is 22. The molecule has 4 nitrogen and oxygen atoms in total. The Morgan fingerprint density at radius 2 is 0.842 bits per heavy atom. The molecule has 0 spiro atoms. The van der Waals surface area contributed by atoms with Crippen molar-refractivity contribution in [1.82, 2.24) is 0 Å². The third-order valence-corrected chi connectivity index (χ3v) is 8.69. The van der Waals surface area contributed by atoms with Gasteiger partial charge in [-0.1, -0.05) is 168 Å². The van der Waals surface area contributed by atoms with Crippen molar-refractivity contribution in [3.05, 3.63) is 0 Å². The van der Waals surface area contributed by atoms with Crippen LogP contribution in [0.4, 0.5) is 0 Å². The molecule has 38 heavy (non-hydrogen) atoms. The Kier molecular flexibility index (Phi) is 29.7. The molecule has 0 aliphatic carbocycles. The number of rotatable bonds is 32. The summed E-state index contributed by atoms with van der Waals surface area (Å²) in [6.45, 7) is 5.48. The highest BCUT2D eigenvalue weighted by molar-refractivity contribution is 4.89. The van der Waals surface area contributed by atoms with Crippen molar-refractivity contribution in [3.8, 4) is 0 Å². The summed E-state index contributed by atoms with van der Waals surface area (Å²) in [7, 11) is 0. The molecule has 0 aliphatic rings. The van der Waals surface area contributed by atoms with Gasteiger partial charge in [-0.15, -0.1) is 0 Å². The molecule has 1 atom stereocenters. The Bertz CT molecular complexity index is 417. The zero-order valence-corrected chi connectivity index (χ0v) is 26.2. The minimum Gasteiger partial charge on any atom is -0.396 e. The smallest absolute Gasteiger partial charge is 0.0698 e. The maximum absolute atomic E-state index is 10.5. The van der Waals surface area contributed by atoms with Gasteiger partial charge in [0.1, 0.15) is 0 Å². The van der Waals surface area contributed by atoms with E-state index in [1.54, 1.807) is 0 Å². The van der Waals surface area contributed by atoms with Gasteiger partial charge in [0, 0.05) is 11.5 Å². The summed E-state index contributed by atoms with van der Waals surface area (Å²) in [6, 6.07) is -0.167. The summed E-state index contributed by atoms with van der Waals surface area (Å²) in [5.41, 5.74) is 6.37. The fourth-order valence-electron chi connectivity index (χ4n) is 5.86. The molecule has 0 aromatic carbocycles. The molecule has 0 amide bonds. The van der Waals surface area contributed by atoms with Gasteiger partial charge >= 0.3 is 0 Å². The SMILES string of the molecule is CCCCCCCCCCCCCCC(CO)(CCCCCCCCCCCCCC)C(N)COCCO. The average molecular weight is 542 g/mol. The number of ether oxygens (including phenoxy) is 1. The van der Waals surface area contributed by atoms with Gasteiger partial charge < -0.3 is 20.7 Å². The summed E-state index contributed by atoms with van der Waals surface area (Å²) in [5, 5.41) is 19.5. The number of nitrogens with two attached hydrogens (primary N) is 1. The van der Waals surface area contributed by atoms with Gasteiger partial charge in [0.15, 0.2) is 0 Å². The number of aliphatic hydroxyl groups excluding tert-OH is 2. The van der Waals surface area contributed by atoms with E-state index in [2.05, 4.69) is 13.8 Å². The monoisotopic (exact) mass is 542 g/mol. The normalized spacial score (nSPS) is 12.9. The minimum absolute atomic E-state index is 0.0241. The lowest BCUT2D eigenvalue weighted by atomic mass is 9.73. The van der Waals surface area contributed by atoms with Crippen LogP contribution in [-0.4, -0.2) is 42.7 Å². The van der Waals surface area contributed by atoms with Crippen molar-refractivity contribution < 1.29 is 14.9 Å². The molecule has 0 aromatic heterocycles. The maximum Gasteiger partial charge on any atom is 0.0698 e. The van der Waals surface area contributed by atoms with Crippen LogP contribution in [0.25, 0.3) is 0 Å². The van der Waals surface area contributed by atoms with Crippen LogP contribution < -0.4 is 5.73 Å². The highest BCUT2D eigenvalue weighted by Gasteiger charge is 2.35. The van der Waals surface area contributed by atoms with Crippen LogP contribution in [0.15, 0.2) is 0 Å². The lowest BCUT2D eigenvalue weighted by molar-refractivity contribution is 0.0125. The molecule has 0 bridgehead atoms. The van der Waals surface area contributed by atoms with Crippen molar-refractivity contribution in [2.45, 2.75) is 187 Å². The summed E-state index contributed by atoms with van der Waals surface area (Å²) < 4.78 is 5.59. The predicted octanol–water partition coefficient (Wildman–Crippen LogP) is 9.48. The molecule has 0 fully saturated rings. The van der Waals surface area contributed by atoms with E-state index in [1.807, 2.05) is 0 Å². The van der Waals surface area contributed by atoms with Gasteiger partial charge in [-0.05, 0) is 12.8 Å². The Morgan fingerprint density at radius 3 is 1.13 bits per heavy atom. The van der Waals surface area contributed by atoms with E-state index >= 15 is 0 Å². The minimum atomic E-state index is -0.244. The van der Waals surface area contributed by atoms with Crippen molar-refractivity contribution >= 4 is 0 Å². The average Bonchev–Trinajstić information content (AvgIpc) is 2.93. The summed E-state index contributed by atoms with van der Waals surface area (Å²) in [6.07, 6.45) is 34.3. The highest BCUT2D eigenvalue weighted by atomic mass is 16.5. The number of hydrogen-bond donors (Lipinski definition) is 3. The van der Waals surface area contributed by atoms with E-state index in [-0.39, 0.29) is 24.7 Å². The van der Waals surface area contributed by atoms with Crippen LogP contribution in [0.3, 0.4) is 0 Å². The van der Waals surface area contributed by atoms with Crippen molar-refractivity contribution in [2.75, 3.05) is 26.4 Å². The second-order valence-corrected chi connectivity index (χ2v) is 12.2. The molecular formula is C34H71NO3. The van der Waals surface area contributed by atoms with Crippen molar-refractivity contribution in [2.24, 2.45) is 11.1 Å². The molecule has 0 heterocycles. The van der Waals surface area contributed by atoms with E-state index < -0.39 is 0 Å². The van der Waals surface area contributed by atoms with Gasteiger partial charge in [-0.2, -0.15) is 0 Å². The zero-order chi connectivity index (χ0) is 28.0. The van der Waals surface area contributed by atoms with Gasteiger partial charge in [0.05, 0.1) is 26.4 Å². The molecule has 4 N–H and O–H groups in total. The fourth-order valence-corrected chi connectivity index (χ4v) is 5.86. The maximum atomic E-state index is 10.5. The van der Waals surface area contributed by atoms with Crippen LogP contribution in [0.2, 0.25) is 0 Å². The van der Waals surface area contributed by atoms with Crippen molar-refractivity contribution in [1.29, 1.82) is 0 Å². The van der Waals surface area contributed by atoms with Gasteiger partial charge in [-0.25, -0.2) is 0 Å². The second-order valence-electron chi connectivity index (χ2n) is 12.2. The lowest BCUT2D eigenvalue weighted by Gasteiger charge is -2.38. The Balaban J connectivity index is 4.15. The first kappa shape index (κ1) is 37.8. The van der Waals surface area contributed by atoms with E-state index in [0.29, 0.717) is 13.2 Å². The molecule has 0 radical (unpaired) electrons. The van der Waals surface area contributed by atoms with E-state index in [1.165, 1.54) is 141 Å². The number of aliphatic hydroxyl groups is 2. The molecule has 0 saturated heterocycles. The van der Waals surface area contributed by atoms with E-state index in [0.717, 1.165) is 25.7 Å². The molecule has 1 unspecified atom stereocenters. The fraction of sp³-hybridized carbons (Fsp3) is 1.00. The van der Waals surface area contributed by atoms with Crippen molar-refractivity contribution in [3.63, 3.8) is 0 Å². The van der Waals surface area contributed by atoms with Crippen LogP contribution in [0, 0.1) is 5.41 Å². The molecule has 4 heteroatoms. The van der Waals surface area contributed by atoms with Gasteiger partial charge in [-0.3, -0.25) is 0 Å². The van der Waals surface area contributed by atoms with Crippen LogP contribution >= 0.6 is 0 Å². The third-order valence-electron chi connectivity index (χ3n) is 8.69. The van der Waals surface area contributed by atoms with Gasteiger partial charge in [0.25, 0.3) is 0 Å². The Morgan fingerprint density at radius 1 is 0.526 bits per heavy atom. The standard InChI is InChI=1S/C34H71NO3/c1-3-5-7-9-11-13-15-17-19-21-23-25-27-34(32-37,33(35)31-38-30-29-36)28-26-24-22-20-18-16-14-12-10-8-6-4-2/h33,36-37H,3-32,35H2,1-2H3. The first-order valence-corrected chi connectivity index (χ1v) is 17.2. The van der Waals surface area contributed by atoms with Crippen LogP contribution in [0.1, 0.15) is 181 Å². The first-order chi connectivity index (χ1) is 18.7. The molecule has 0 aliphatic heterocycles. The third kappa shape index (κ3) is 22.6. The highest BCUT2D eigenvalue weighted by Crippen LogP contribution is 2.35. The molecule has 230 valence electrons. The topological polar surface area (TPSA) is 75.7 Å². The second kappa shape index (κ2) is 29.8. The van der Waals surface area contributed by atoms with Crippen LogP contribution in [0.5, 0.6) is 0 Å². The molecule has 0 rings (SSSR count).